The molecule has 122 valence electrons. The summed E-state index contributed by atoms with van der Waals surface area (Å²) in [6.45, 7) is 4.90. The first-order valence-electron chi connectivity index (χ1n) is 7.70. The molecule has 2 saturated carbocycles. The van der Waals surface area contributed by atoms with E-state index in [1.807, 2.05) is 6.92 Å². The molecule has 21 heavy (non-hydrogen) atoms. The second-order valence-corrected chi connectivity index (χ2v) is 7.60. The zero-order valence-electron chi connectivity index (χ0n) is 12.7. The molecule has 0 radical (unpaired) electrons. The Morgan fingerprint density at radius 3 is 2.24 bits per heavy atom. The van der Waals surface area contributed by atoms with Crippen LogP contribution in [-0.4, -0.2) is 67.8 Å². The lowest BCUT2D eigenvalue weighted by molar-refractivity contribution is -0.310. The van der Waals surface area contributed by atoms with Crippen LogP contribution in [0.2, 0.25) is 0 Å². The van der Waals surface area contributed by atoms with E-state index in [0.717, 1.165) is 0 Å². The zero-order chi connectivity index (χ0) is 15.8. The Bertz CT molecular complexity index is 440. The molecule has 1 aliphatic heterocycles. The van der Waals surface area contributed by atoms with Gasteiger partial charge in [-0.05, 0) is 32.6 Å². The molecule has 1 spiro atoms. The predicted molar refractivity (Wildman–Crippen MR) is 73.3 cm³/mol. The fourth-order valence-electron chi connectivity index (χ4n) is 5.42. The highest BCUT2D eigenvalue weighted by Gasteiger charge is 2.79. The van der Waals surface area contributed by atoms with Gasteiger partial charge in [0.1, 0.15) is 5.60 Å². The average molecular weight is 302 g/mol. The first-order chi connectivity index (χ1) is 9.66. The van der Waals surface area contributed by atoms with Crippen molar-refractivity contribution >= 4 is 0 Å². The van der Waals surface area contributed by atoms with E-state index in [2.05, 4.69) is 0 Å². The fourth-order valence-corrected chi connectivity index (χ4v) is 5.42. The van der Waals surface area contributed by atoms with Gasteiger partial charge < -0.3 is 30.3 Å². The van der Waals surface area contributed by atoms with Crippen LogP contribution in [0.1, 0.15) is 33.6 Å². The second kappa shape index (κ2) is 4.40. The summed E-state index contributed by atoms with van der Waals surface area (Å²) < 4.78 is 6.20. The summed E-state index contributed by atoms with van der Waals surface area (Å²) in [6, 6.07) is 0. The van der Waals surface area contributed by atoms with Crippen LogP contribution in [0, 0.1) is 17.3 Å². The molecule has 0 unspecified atom stereocenters. The summed E-state index contributed by atoms with van der Waals surface area (Å²) in [5.74, 6) is -0.797. The van der Waals surface area contributed by atoms with Gasteiger partial charge in [0.2, 0.25) is 0 Å². The van der Waals surface area contributed by atoms with E-state index in [1.54, 1.807) is 13.8 Å². The lowest BCUT2D eigenvalue weighted by atomic mass is 9.48. The van der Waals surface area contributed by atoms with Crippen molar-refractivity contribution in [2.24, 2.45) is 17.3 Å². The smallest absolute Gasteiger partial charge is 0.111 e. The number of fused-ring (bicyclic) bond motifs is 1. The number of ether oxygens (including phenoxy) is 1. The Morgan fingerprint density at radius 1 is 1.05 bits per heavy atom. The Balaban J connectivity index is 2.26. The summed E-state index contributed by atoms with van der Waals surface area (Å²) in [5.41, 5.74) is -3.55. The minimum absolute atomic E-state index is 0.144. The zero-order valence-corrected chi connectivity index (χ0v) is 12.7. The monoisotopic (exact) mass is 302 g/mol. The van der Waals surface area contributed by atoms with Crippen molar-refractivity contribution in [1.82, 2.24) is 0 Å². The van der Waals surface area contributed by atoms with Crippen molar-refractivity contribution in [3.63, 3.8) is 0 Å². The molecule has 8 atom stereocenters. The normalized spacial score (nSPS) is 58.9. The third kappa shape index (κ3) is 1.49. The van der Waals surface area contributed by atoms with Gasteiger partial charge in [-0.1, -0.05) is 6.92 Å². The van der Waals surface area contributed by atoms with Crippen molar-refractivity contribution in [3.05, 3.63) is 0 Å². The minimum Gasteiger partial charge on any atom is -0.395 e. The molecule has 0 amide bonds. The van der Waals surface area contributed by atoms with Gasteiger partial charge in [0, 0.05) is 5.92 Å². The molecular formula is C15H26O6. The summed E-state index contributed by atoms with van der Waals surface area (Å²) >= 11 is 0. The summed E-state index contributed by atoms with van der Waals surface area (Å²) in [4.78, 5) is 0. The van der Waals surface area contributed by atoms with Crippen LogP contribution >= 0.6 is 0 Å². The van der Waals surface area contributed by atoms with E-state index >= 15 is 0 Å². The van der Waals surface area contributed by atoms with Gasteiger partial charge in [0.15, 0.2) is 0 Å². The van der Waals surface area contributed by atoms with Crippen LogP contribution in [0.25, 0.3) is 0 Å². The van der Waals surface area contributed by atoms with Crippen molar-refractivity contribution in [3.8, 4) is 0 Å². The van der Waals surface area contributed by atoms with E-state index in [9.17, 15) is 25.5 Å². The molecule has 0 aromatic heterocycles. The fraction of sp³-hybridized carbons (Fsp3) is 1.00. The highest BCUT2D eigenvalue weighted by molar-refractivity contribution is 5.27. The van der Waals surface area contributed by atoms with Gasteiger partial charge >= 0.3 is 0 Å². The molecule has 6 heteroatoms. The van der Waals surface area contributed by atoms with Crippen LogP contribution < -0.4 is 0 Å². The Kier molecular flexibility index (Phi) is 3.28. The maximum absolute atomic E-state index is 10.9. The molecule has 3 fully saturated rings. The van der Waals surface area contributed by atoms with Crippen molar-refractivity contribution < 1.29 is 30.3 Å². The number of aliphatic hydroxyl groups is 5. The largest absolute Gasteiger partial charge is 0.395 e. The van der Waals surface area contributed by atoms with E-state index in [-0.39, 0.29) is 5.92 Å². The molecule has 6 nitrogen and oxygen atoms in total. The average Bonchev–Trinajstić information content (AvgIpc) is 2.58. The number of hydrogen-bond acceptors (Lipinski definition) is 6. The van der Waals surface area contributed by atoms with E-state index in [1.165, 1.54) is 0 Å². The molecule has 2 bridgehead atoms. The predicted octanol–water partition coefficient (Wildman–Crippen LogP) is -0.984. The molecular weight excluding hydrogens is 276 g/mol. The Labute approximate surface area is 124 Å². The van der Waals surface area contributed by atoms with Gasteiger partial charge in [0.05, 0.1) is 42.0 Å². The third-order valence-electron chi connectivity index (χ3n) is 6.42. The summed E-state index contributed by atoms with van der Waals surface area (Å²) in [7, 11) is 0. The Morgan fingerprint density at radius 2 is 1.67 bits per heavy atom. The van der Waals surface area contributed by atoms with Gasteiger partial charge in [-0.3, -0.25) is 0 Å². The quantitative estimate of drug-likeness (QED) is 0.426. The standard InChI is InChI=1S/C15H26O6/c1-7-4-5-8(17)14(6-16)12(20)10(18)9-11(19)15(7,14)21-13(9,2)3/h7-12,16-20H,4-6H2,1-3H3/t7-,8-,9-,10-,11-,12-,14+,15-/m0/s1. The van der Waals surface area contributed by atoms with Crippen LogP contribution in [0.4, 0.5) is 0 Å². The lowest BCUT2D eigenvalue weighted by Crippen LogP contribution is -2.77. The SMILES string of the molecule is C[C@H]1CC[C@H](O)[C@]2(CO)[C@@H](O)[C@@H](O)[C@H]3[C@H](O)[C@@]12OC3(C)C. The number of hydrogen-bond donors (Lipinski definition) is 5. The van der Waals surface area contributed by atoms with E-state index < -0.39 is 53.6 Å². The van der Waals surface area contributed by atoms with Crippen LogP contribution in [-0.2, 0) is 4.74 Å². The van der Waals surface area contributed by atoms with Crippen LogP contribution in [0.5, 0.6) is 0 Å². The van der Waals surface area contributed by atoms with Crippen LogP contribution in [0.15, 0.2) is 0 Å². The maximum Gasteiger partial charge on any atom is 0.111 e. The highest BCUT2D eigenvalue weighted by atomic mass is 16.6. The number of aliphatic hydroxyl groups excluding tert-OH is 5. The number of rotatable bonds is 1. The third-order valence-corrected chi connectivity index (χ3v) is 6.42. The molecule has 0 aromatic rings. The molecule has 3 aliphatic rings. The van der Waals surface area contributed by atoms with E-state index in [0.29, 0.717) is 12.8 Å². The molecule has 0 aromatic carbocycles. The van der Waals surface area contributed by atoms with Crippen molar-refractivity contribution in [2.45, 2.75) is 69.2 Å². The van der Waals surface area contributed by atoms with Crippen LogP contribution in [0.3, 0.4) is 0 Å². The molecule has 3 rings (SSSR count). The molecule has 5 N–H and O–H groups in total. The molecule has 1 saturated heterocycles. The van der Waals surface area contributed by atoms with Gasteiger partial charge in [0.25, 0.3) is 0 Å². The van der Waals surface area contributed by atoms with E-state index in [4.69, 9.17) is 4.74 Å². The topological polar surface area (TPSA) is 110 Å². The van der Waals surface area contributed by atoms with Gasteiger partial charge in [-0.25, -0.2) is 0 Å². The summed E-state index contributed by atoms with van der Waals surface area (Å²) in [6.07, 6.45) is -3.64. The first-order valence-corrected chi connectivity index (χ1v) is 7.70. The molecule has 1 heterocycles. The minimum atomic E-state index is -1.46. The highest BCUT2D eigenvalue weighted by Crippen LogP contribution is 2.65. The maximum atomic E-state index is 10.9. The second-order valence-electron chi connectivity index (χ2n) is 7.60. The van der Waals surface area contributed by atoms with Crippen molar-refractivity contribution in [2.75, 3.05) is 6.61 Å². The first kappa shape index (κ1) is 15.6. The lowest BCUT2D eigenvalue weighted by Gasteiger charge is -2.62. The van der Waals surface area contributed by atoms with Crippen molar-refractivity contribution in [1.29, 1.82) is 0 Å². The van der Waals surface area contributed by atoms with Gasteiger partial charge in [-0.2, -0.15) is 0 Å². The summed E-state index contributed by atoms with van der Waals surface area (Å²) in [5, 5.41) is 52.6. The molecule has 2 aliphatic carbocycles. The van der Waals surface area contributed by atoms with Gasteiger partial charge in [-0.15, -0.1) is 0 Å². The Hall–Kier alpha value is -0.240.